The summed E-state index contributed by atoms with van der Waals surface area (Å²) in [7, 11) is 0. The summed E-state index contributed by atoms with van der Waals surface area (Å²) in [5, 5.41) is 0. The molecule has 0 aliphatic carbocycles. The van der Waals surface area contributed by atoms with Crippen molar-refractivity contribution >= 4 is 12.1 Å². The number of rotatable bonds is 3. The fourth-order valence-electron chi connectivity index (χ4n) is 2.16. The Morgan fingerprint density at radius 1 is 1.25 bits per heavy atom. The second-order valence-corrected chi connectivity index (χ2v) is 6.06. The minimum absolute atomic E-state index is 0.0213. The molecule has 1 amide bonds. The Bertz CT molecular complexity index is 352. The fraction of sp³-hybridized carbons (Fsp3) is 0.857. The molecule has 1 aliphatic heterocycles. The molecule has 0 saturated carbocycles. The molecule has 0 aromatic heterocycles. The first kappa shape index (κ1) is 16.8. The van der Waals surface area contributed by atoms with Gasteiger partial charge in [-0.15, -0.1) is 0 Å². The maximum atomic E-state index is 12.0. The van der Waals surface area contributed by atoms with Crippen LogP contribution in [-0.2, 0) is 14.3 Å². The van der Waals surface area contributed by atoms with Crippen LogP contribution in [0.5, 0.6) is 0 Å². The van der Waals surface area contributed by atoms with Gasteiger partial charge >= 0.3 is 12.1 Å². The summed E-state index contributed by atoms with van der Waals surface area (Å²) in [6.07, 6.45) is -0.291. The zero-order valence-corrected chi connectivity index (χ0v) is 13.1. The van der Waals surface area contributed by atoms with E-state index in [2.05, 4.69) is 0 Å². The number of nitrogens with zero attached hydrogens (tertiary/aromatic N) is 2. The second-order valence-electron chi connectivity index (χ2n) is 6.06. The topological polar surface area (TPSA) is 59.1 Å². The van der Waals surface area contributed by atoms with Crippen molar-refractivity contribution in [3.8, 4) is 0 Å². The van der Waals surface area contributed by atoms with E-state index in [0.29, 0.717) is 26.2 Å². The van der Waals surface area contributed by atoms with Crippen molar-refractivity contribution in [3.05, 3.63) is 0 Å². The highest BCUT2D eigenvalue weighted by atomic mass is 16.6. The lowest BCUT2D eigenvalue weighted by Crippen LogP contribution is -2.55. The van der Waals surface area contributed by atoms with Crippen LogP contribution in [0.1, 0.15) is 34.6 Å². The molecule has 0 radical (unpaired) electrons. The third kappa shape index (κ3) is 5.36. The molecule has 1 fully saturated rings. The number of hydrogen-bond donors (Lipinski definition) is 0. The lowest BCUT2D eigenvalue weighted by Gasteiger charge is -2.39. The van der Waals surface area contributed by atoms with Crippen LogP contribution in [0.25, 0.3) is 0 Å². The maximum absolute atomic E-state index is 12.0. The zero-order chi connectivity index (χ0) is 15.3. The number of amides is 1. The monoisotopic (exact) mass is 286 g/mol. The molecule has 1 rings (SSSR count). The van der Waals surface area contributed by atoms with Gasteiger partial charge in [0.15, 0.2) is 0 Å². The molecular weight excluding hydrogens is 260 g/mol. The minimum Gasteiger partial charge on any atom is -0.465 e. The summed E-state index contributed by atoms with van der Waals surface area (Å²) < 4.78 is 10.3. The van der Waals surface area contributed by atoms with Gasteiger partial charge in [0.25, 0.3) is 0 Å². The van der Waals surface area contributed by atoms with E-state index >= 15 is 0 Å². The maximum Gasteiger partial charge on any atom is 0.410 e. The largest absolute Gasteiger partial charge is 0.465 e. The Balaban J connectivity index is 2.47. The van der Waals surface area contributed by atoms with Crippen LogP contribution in [0.2, 0.25) is 0 Å². The van der Waals surface area contributed by atoms with Gasteiger partial charge in [0.1, 0.15) is 5.60 Å². The first-order valence-corrected chi connectivity index (χ1v) is 7.10. The second kappa shape index (κ2) is 6.92. The average Bonchev–Trinajstić information content (AvgIpc) is 2.26. The molecule has 1 heterocycles. The lowest BCUT2D eigenvalue weighted by atomic mass is 10.2. The molecule has 1 aliphatic rings. The molecule has 116 valence electrons. The quantitative estimate of drug-likeness (QED) is 0.736. The van der Waals surface area contributed by atoms with E-state index < -0.39 is 5.60 Å². The fourth-order valence-corrected chi connectivity index (χ4v) is 2.16. The third-order valence-electron chi connectivity index (χ3n) is 3.00. The van der Waals surface area contributed by atoms with Gasteiger partial charge < -0.3 is 14.4 Å². The molecule has 0 bridgehead atoms. The van der Waals surface area contributed by atoms with Crippen LogP contribution >= 0.6 is 0 Å². The van der Waals surface area contributed by atoms with E-state index in [9.17, 15) is 9.59 Å². The molecule has 0 N–H and O–H groups in total. The van der Waals surface area contributed by atoms with Gasteiger partial charge in [0.2, 0.25) is 0 Å². The number of carbonyl (C=O) groups is 2. The van der Waals surface area contributed by atoms with Crippen molar-refractivity contribution < 1.29 is 19.1 Å². The molecule has 20 heavy (non-hydrogen) atoms. The van der Waals surface area contributed by atoms with Crippen LogP contribution in [0, 0.1) is 0 Å². The van der Waals surface area contributed by atoms with Gasteiger partial charge in [-0.1, -0.05) is 0 Å². The highest BCUT2D eigenvalue weighted by molar-refractivity contribution is 5.72. The van der Waals surface area contributed by atoms with Crippen molar-refractivity contribution in [2.45, 2.75) is 46.3 Å². The highest BCUT2D eigenvalue weighted by Gasteiger charge is 2.31. The van der Waals surface area contributed by atoms with Crippen LogP contribution in [0.3, 0.4) is 0 Å². The van der Waals surface area contributed by atoms with E-state index in [1.807, 2.05) is 32.6 Å². The Morgan fingerprint density at radius 3 is 2.40 bits per heavy atom. The minimum atomic E-state index is -0.487. The van der Waals surface area contributed by atoms with E-state index in [-0.39, 0.29) is 24.6 Å². The van der Waals surface area contributed by atoms with Crippen molar-refractivity contribution in [2.75, 3.05) is 32.8 Å². The number of piperazine rings is 1. The third-order valence-corrected chi connectivity index (χ3v) is 3.00. The van der Waals surface area contributed by atoms with Crippen molar-refractivity contribution in [2.24, 2.45) is 0 Å². The zero-order valence-electron chi connectivity index (χ0n) is 13.1. The van der Waals surface area contributed by atoms with Crippen LogP contribution in [0.15, 0.2) is 0 Å². The summed E-state index contributed by atoms with van der Waals surface area (Å²) in [6.45, 7) is 11.9. The lowest BCUT2D eigenvalue weighted by molar-refractivity contribution is -0.145. The standard InChI is InChI=1S/C14H26N2O4/c1-6-19-12(17)10-15-7-8-16(11(2)9-15)13(18)20-14(3,4)5/h11H,6-10H2,1-5H3/t11-/m1/s1. The van der Waals surface area contributed by atoms with Gasteiger partial charge in [-0.3, -0.25) is 9.69 Å². The smallest absolute Gasteiger partial charge is 0.410 e. The van der Waals surface area contributed by atoms with E-state index in [4.69, 9.17) is 9.47 Å². The summed E-state index contributed by atoms with van der Waals surface area (Å²) in [4.78, 5) is 27.2. The van der Waals surface area contributed by atoms with Crippen LogP contribution in [-0.4, -0.2) is 66.3 Å². The SMILES string of the molecule is CCOC(=O)CN1CCN(C(=O)OC(C)(C)C)[C@H](C)C1. The predicted octanol–water partition coefficient (Wildman–Crippen LogP) is 1.49. The molecule has 1 saturated heterocycles. The molecule has 0 unspecified atom stereocenters. The number of carbonyl (C=O) groups excluding carboxylic acids is 2. The first-order valence-electron chi connectivity index (χ1n) is 7.10. The van der Waals surface area contributed by atoms with Gasteiger partial charge in [-0.25, -0.2) is 4.79 Å². The van der Waals surface area contributed by atoms with Gasteiger partial charge in [0, 0.05) is 25.7 Å². The summed E-state index contributed by atoms with van der Waals surface area (Å²) in [5.41, 5.74) is -0.487. The Labute approximate surface area is 121 Å². The number of esters is 1. The molecular formula is C14H26N2O4. The molecule has 6 nitrogen and oxygen atoms in total. The van der Waals surface area contributed by atoms with E-state index in [1.54, 1.807) is 11.8 Å². The Morgan fingerprint density at radius 2 is 1.90 bits per heavy atom. The van der Waals surface area contributed by atoms with E-state index in [1.165, 1.54) is 0 Å². The Kier molecular flexibility index (Phi) is 5.80. The predicted molar refractivity (Wildman–Crippen MR) is 75.5 cm³/mol. The van der Waals surface area contributed by atoms with Gasteiger partial charge in [-0.05, 0) is 34.6 Å². The number of hydrogen-bond acceptors (Lipinski definition) is 5. The number of ether oxygens (including phenoxy) is 2. The van der Waals surface area contributed by atoms with Crippen LogP contribution in [0.4, 0.5) is 4.79 Å². The highest BCUT2D eigenvalue weighted by Crippen LogP contribution is 2.15. The molecule has 0 aromatic rings. The molecule has 0 aromatic carbocycles. The van der Waals surface area contributed by atoms with Gasteiger partial charge in [-0.2, -0.15) is 0 Å². The normalized spacial score (nSPS) is 20.6. The summed E-state index contributed by atoms with van der Waals surface area (Å²) >= 11 is 0. The summed E-state index contributed by atoms with van der Waals surface area (Å²) in [6, 6.07) is 0.0213. The van der Waals surface area contributed by atoms with Crippen LogP contribution < -0.4 is 0 Å². The summed E-state index contributed by atoms with van der Waals surface area (Å²) in [5.74, 6) is -0.217. The van der Waals surface area contributed by atoms with Crippen molar-refractivity contribution in [1.29, 1.82) is 0 Å². The molecule has 6 heteroatoms. The van der Waals surface area contributed by atoms with Crippen molar-refractivity contribution in [1.82, 2.24) is 9.80 Å². The van der Waals surface area contributed by atoms with Gasteiger partial charge in [0.05, 0.1) is 13.2 Å². The molecule has 0 spiro atoms. The molecule has 1 atom stereocenters. The average molecular weight is 286 g/mol. The Hall–Kier alpha value is -1.30. The first-order chi connectivity index (χ1) is 9.23. The van der Waals surface area contributed by atoms with E-state index in [0.717, 1.165) is 0 Å². The van der Waals surface area contributed by atoms with Crippen molar-refractivity contribution in [3.63, 3.8) is 0 Å².